The SMILES string of the molecule is CC(=O)N1CCc2c(c(-c3ccc(Cl)c(C)c3)nn2C[C@@H](O)CN2CCC(n3c(=O)[nH]c4ccc(Cl)cc43)CC2)C1. The summed E-state index contributed by atoms with van der Waals surface area (Å²) in [7, 11) is 0. The van der Waals surface area contributed by atoms with E-state index in [9.17, 15) is 14.7 Å². The number of aromatic amines is 1. The number of imidazole rings is 1. The molecule has 9 nitrogen and oxygen atoms in total. The smallest absolute Gasteiger partial charge is 0.326 e. The third kappa shape index (κ3) is 5.56. The van der Waals surface area contributed by atoms with Crippen molar-refractivity contribution in [1.82, 2.24) is 29.1 Å². The van der Waals surface area contributed by atoms with Gasteiger partial charge in [0.05, 0.1) is 29.4 Å². The van der Waals surface area contributed by atoms with E-state index < -0.39 is 6.10 Å². The van der Waals surface area contributed by atoms with Gasteiger partial charge >= 0.3 is 5.69 Å². The van der Waals surface area contributed by atoms with Crippen LogP contribution >= 0.6 is 23.2 Å². The molecule has 0 unspecified atom stereocenters. The minimum atomic E-state index is -0.615. The molecular weight excluding hydrogens is 563 g/mol. The fourth-order valence-electron chi connectivity index (χ4n) is 6.31. The molecule has 1 amide bonds. The highest BCUT2D eigenvalue weighted by atomic mass is 35.5. The van der Waals surface area contributed by atoms with Gasteiger partial charge in [-0.1, -0.05) is 29.3 Å². The number of amides is 1. The van der Waals surface area contributed by atoms with Crippen LogP contribution in [-0.2, 0) is 24.3 Å². The molecule has 0 radical (unpaired) electrons. The van der Waals surface area contributed by atoms with Gasteiger partial charge < -0.3 is 19.9 Å². The number of piperidine rings is 1. The summed E-state index contributed by atoms with van der Waals surface area (Å²) in [5, 5.41) is 17.4. The highest BCUT2D eigenvalue weighted by Gasteiger charge is 2.29. The number of benzene rings is 2. The zero-order valence-corrected chi connectivity index (χ0v) is 24.8. The number of halogens is 2. The number of H-pyrrole nitrogens is 1. The summed E-state index contributed by atoms with van der Waals surface area (Å²) in [5.74, 6) is 0.0445. The van der Waals surface area contributed by atoms with Gasteiger partial charge in [0.15, 0.2) is 0 Å². The van der Waals surface area contributed by atoms with Crippen molar-refractivity contribution in [3.8, 4) is 11.3 Å². The van der Waals surface area contributed by atoms with Gasteiger partial charge in [-0.2, -0.15) is 5.10 Å². The highest BCUT2D eigenvalue weighted by molar-refractivity contribution is 6.31. The Balaban J connectivity index is 1.16. The summed E-state index contributed by atoms with van der Waals surface area (Å²) in [6.07, 6.45) is 1.69. The quantitative estimate of drug-likeness (QED) is 0.343. The standard InChI is InChI=1S/C30H34Cl2N6O3/c1-18-13-20(3-5-25(18)32)29-24-17-36(19(2)39)12-9-27(24)37(34-29)16-23(40)15-35-10-7-22(8-11-35)38-28-14-21(31)4-6-26(28)33-30(38)41/h3-6,13-14,22-23,40H,7-12,15-17H2,1-2H3,(H,33,41)/t23-/m0/s1. The second-order valence-electron chi connectivity index (χ2n) is 11.3. The molecule has 0 bridgehead atoms. The first-order chi connectivity index (χ1) is 19.7. The number of likely N-dealkylation sites (tertiary alicyclic amines) is 1. The maximum Gasteiger partial charge on any atom is 0.326 e. The van der Waals surface area contributed by atoms with Crippen molar-refractivity contribution in [3.05, 3.63) is 73.7 Å². The first-order valence-corrected chi connectivity index (χ1v) is 14.8. The Morgan fingerprint density at radius 1 is 1.12 bits per heavy atom. The van der Waals surface area contributed by atoms with Gasteiger partial charge in [-0.05, 0) is 55.7 Å². The molecule has 2 aliphatic heterocycles. The van der Waals surface area contributed by atoms with Crippen LogP contribution in [0.3, 0.4) is 0 Å². The van der Waals surface area contributed by atoms with Gasteiger partial charge in [-0.15, -0.1) is 0 Å². The number of fused-ring (bicyclic) bond motifs is 2. The molecule has 2 aliphatic rings. The van der Waals surface area contributed by atoms with Crippen molar-refractivity contribution in [2.45, 2.75) is 58.3 Å². The van der Waals surface area contributed by atoms with E-state index in [0.717, 1.165) is 65.0 Å². The molecular formula is C30H34Cl2N6O3. The number of hydrogen-bond donors (Lipinski definition) is 2. The largest absolute Gasteiger partial charge is 0.390 e. The highest BCUT2D eigenvalue weighted by Crippen LogP contribution is 2.33. The van der Waals surface area contributed by atoms with Gasteiger partial charge in [0.2, 0.25) is 5.91 Å². The lowest BCUT2D eigenvalue weighted by Gasteiger charge is -2.33. The number of carbonyl (C=O) groups excluding carboxylic acids is 1. The lowest BCUT2D eigenvalue weighted by Crippen LogP contribution is -2.42. The Morgan fingerprint density at radius 2 is 1.90 bits per heavy atom. The molecule has 11 heteroatoms. The Labute approximate surface area is 248 Å². The molecule has 2 aromatic heterocycles. The Kier molecular flexibility index (Phi) is 7.72. The summed E-state index contributed by atoms with van der Waals surface area (Å²) in [4.78, 5) is 31.9. The van der Waals surface area contributed by atoms with Gasteiger partial charge in [-0.25, -0.2) is 4.79 Å². The average molecular weight is 598 g/mol. The molecule has 1 saturated heterocycles. The van der Waals surface area contributed by atoms with Gasteiger partial charge in [0, 0.05) is 79.0 Å². The number of β-amino-alcohol motifs (C(OH)–C–C–N with tert-alkyl or cyclic N) is 1. The molecule has 2 aromatic carbocycles. The molecule has 1 fully saturated rings. The number of rotatable bonds is 6. The number of aryl methyl sites for hydroxylation is 1. The van der Waals surface area contributed by atoms with Crippen LogP contribution < -0.4 is 5.69 Å². The zero-order valence-electron chi connectivity index (χ0n) is 23.2. The molecule has 0 aliphatic carbocycles. The summed E-state index contributed by atoms with van der Waals surface area (Å²) in [6.45, 7) is 7.15. The fourth-order valence-corrected chi connectivity index (χ4v) is 6.59. The first-order valence-electron chi connectivity index (χ1n) is 14.1. The summed E-state index contributed by atoms with van der Waals surface area (Å²) in [6, 6.07) is 11.4. The summed E-state index contributed by atoms with van der Waals surface area (Å²) < 4.78 is 3.76. The fraction of sp³-hybridized carbons (Fsp3) is 0.433. The summed E-state index contributed by atoms with van der Waals surface area (Å²) in [5.41, 5.74) is 6.37. The number of aliphatic hydroxyl groups is 1. The van der Waals surface area contributed by atoms with Crippen molar-refractivity contribution >= 4 is 40.1 Å². The predicted octanol–water partition coefficient (Wildman–Crippen LogP) is 4.41. The predicted molar refractivity (Wildman–Crippen MR) is 160 cm³/mol. The van der Waals surface area contributed by atoms with Crippen LogP contribution in [0.15, 0.2) is 41.2 Å². The van der Waals surface area contributed by atoms with Gasteiger partial charge in [-0.3, -0.25) is 14.0 Å². The topological polar surface area (TPSA) is 99.4 Å². The first kappa shape index (κ1) is 28.0. The molecule has 1 atom stereocenters. The van der Waals surface area contributed by atoms with Crippen LogP contribution in [0.1, 0.15) is 42.6 Å². The average Bonchev–Trinajstić information content (AvgIpc) is 3.46. The van der Waals surface area contributed by atoms with E-state index in [1.165, 1.54) is 0 Å². The molecule has 0 spiro atoms. The lowest BCUT2D eigenvalue weighted by molar-refractivity contribution is -0.129. The summed E-state index contributed by atoms with van der Waals surface area (Å²) >= 11 is 12.5. The zero-order chi connectivity index (χ0) is 28.8. The van der Waals surface area contributed by atoms with Gasteiger partial charge in [0.1, 0.15) is 0 Å². The molecule has 216 valence electrons. The number of carbonyl (C=O) groups is 1. The number of aliphatic hydroxyl groups excluding tert-OH is 1. The second-order valence-corrected chi connectivity index (χ2v) is 12.1. The van der Waals surface area contributed by atoms with Crippen molar-refractivity contribution in [2.24, 2.45) is 0 Å². The van der Waals surface area contributed by atoms with Crippen LogP contribution in [-0.4, -0.2) is 72.4 Å². The Morgan fingerprint density at radius 3 is 2.63 bits per heavy atom. The van der Waals surface area contributed by atoms with E-state index in [1.807, 2.05) is 51.4 Å². The maximum atomic E-state index is 12.7. The van der Waals surface area contributed by atoms with E-state index in [2.05, 4.69) is 9.88 Å². The monoisotopic (exact) mass is 596 g/mol. The third-order valence-corrected chi connectivity index (χ3v) is 9.12. The normalized spacial score (nSPS) is 17.2. The van der Waals surface area contributed by atoms with E-state index in [-0.39, 0.29) is 17.6 Å². The Hall–Kier alpha value is -3.11. The van der Waals surface area contributed by atoms with Gasteiger partial charge in [0.25, 0.3) is 0 Å². The molecule has 2 N–H and O–H groups in total. The number of hydrogen-bond acceptors (Lipinski definition) is 5. The molecule has 41 heavy (non-hydrogen) atoms. The van der Waals surface area contributed by atoms with Crippen LogP contribution in [0.4, 0.5) is 0 Å². The molecule has 0 saturated carbocycles. The van der Waals surface area contributed by atoms with Crippen LogP contribution in [0.5, 0.6) is 0 Å². The lowest BCUT2D eigenvalue weighted by atomic mass is 9.99. The molecule has 6 rings (SSSR count). The van der Waals surface area contributed by atoms with Crippen LogP contribution in [0.2, 0.25) is 10.0 Å². The van der Waals surface area contributed by atoms with Crippen molar-refractivity contribution in [2.75, 3.05) is 26.2 Å². The third-order valence-electron chi connectivity index (χ3n) is 8.47. The van der Waals surface area contributed by atoms with Crippen molar-refractivity contribution < 1.29 is 9.90 Å². The molecule has 4 aromatic rings. The van der Waals surface area contributed by atoms with E-state index in [0.29, 0.717) is 42.6 Å². The Bertz CT molecular complexity index is 1670. The van der Waals surface area contributed by atoms with Crippen molar-refractivity contribution in [1.29, 1.82) is 0 Å². The minimum Gasteiger partial charge on any atom is -0.390 e. The van der Waals surface area contributed by atoms with Crippen LogP contribution in [0, 0.1) is 6.92 Å². The van der Waals surface area contributed by atoms with E-state index >= 15 is 0 Å². The number of aromatic nitrogens is 4. The number of nitrogens with zero attached hydrogens (tertiary/aromatic N) is 5. The number of nitrogens with one attached hydrogen (secondary N) is 1. The second kappa shape index (κ2) is 11.3. The minimum absolute atomic E-state index is 0.0445. The maximum absolute atomic E-state index is 12.7. The molecule has 4 heterocycles. The van der Waals surface area contributed by atoms with Crippen LogP contribution in [0.25, 0.3) is 22.3 Å². The van der Waals surface area contributed by atoms with E-state index in [4.69, 9.17) is 28.3 Å². The van der Waals surface area contributed by atoms with Crippen molar-refractivity contribution in [3.63, 3.8) is 0 Å². The van der Waals surface area contributed by atoms with E-state index in [1.54, 1.807) is 13.0 Å².